The molecule has 1 unspecified atom stereocenters. The molecule has 8 heteroatoms. The normalized spacial score (nSPS) is 15.3. The minimum atomic E-state index is -0.274. The number of fused-ring (bicyclic) bond motifs is 1. The van der Waals surface area contributed by atoms with E-state index in [-0.39, 0.29) is 18.6 Å². The second kappa shape index (κ2) is 8.96. The second-order valence-electron chi connectivity index (χ2n) is 6.90. The van der Waals surface area contributed by atoms with Gasteiger partial charge in [-0.2, -0.15) is 0 Å². The van der Waals surface area contributed by atoms with Crippen LogP contribution in [0.4, 0.5) is 0 Å². The summed E-state index contributed by atoms with van der Waals surface area (Å²) in [5.41, 5.74) is 2.95. The van der Waals surface area contributed by atoms with Gasteiger partial charge in [0.05, 0.1) is 32.6 Å². The Morgan fingerprint density at radius 3 is 2.83 bits per heavy atom. The molecule has 1 aliphatic heterocycles. The molecule has 156 valence electrons. The van der Waals surface area contributed by atoms with Crippen LogP contribution in [-0.2, 0) is 24.4 Å². The van der Waals surface area contributed by atoms with E-state index in [0.717, 1.165) is 22.6 Å². The van der Waals surface area contributed by atoms with E-state index in [2.05, 4.69) is 15.6 Å². The zero-order chi connectivity index (χ0) is 20.9. The zero-order valence-corrected chi connectivity index (χ0v) is 17.0. The van der Waals surface area contributed by atoms with E-state index in [1.165, 1.54) is 0 Å². The van der Waals surface area contributed by atoms with Gasteiger partial charge < -0.3 is 19.5 Å². The summed E-state index contributed by atoms with van der Waals surface area (Å²) in [5, 5.41) is 11.1. The Morgan fingerprint density at radius 1 is 1.23 bits per heavy atom. The van der Waals surface area contributed by atoms with Crippen LogP contribution in [0.5, 0.6) is 11.5 Å². The molecule has 2 heterocycles. The molecule has 0 fully saturated rings. The molecule has 0 aliphatic carbocycles. The molecule has 1 atom stereocenters. The Bertz CT molecular complexity index is 1020. The summed E-state index contributed by atoms with van der Waals surface area (Å²) >= 11 is 0. The van der Waals surface area contributed by atoms with Gasteiger partial charge in [-0.1, -0.05) is 29.5 Å². The van der Waals surface area contributed by atoms with E-state index in [0.29, 0.717) is 31.1 Å². The fraction of sp³-hybridized carbons (Fsp3) is 0.318. The van der Waals surface area contributed by atoms with Crippen molar-refractivity contribution in [2.75, 3.05) is 13.7 Å². The average Bonchev–Trinajstić information content (AvgIpc) is 3.21. The van der Waals surface area contributed by atoms with Crippen LogP contribution in [0.3, 0.4) is 0 Å². The molecule has 8 nitrogen and oxygen atoms in total. The molecule has 3 aromatic rings. The summed E-state index contributed by atoms with van der Waals surface area (Å²) < 4.78 is 18.4. The first-order valence-corrected chi connectivity index (χ1v) is 9.85. The van der Waals surface area contributed by atoms with Crippen molar-refractivity contribution in [3.05, 3.63) is 71.0 Å². The lowest BCUT2D eigenvalue weighted by Crippen LogP contribution is -2.27. The van der Waals surface area contributed by atoms with Gasteiger partial charge in [0.25, 0.3) is 5.91 Å². The Kier molecular flexibility index (Phi) is 5.94. The third-order valence-electron chi connectivity index (χ3n) is 4.96. The van der Waals surface area contributed by atoms with Gasteiger partial charge in [-0.05, 0) is 42.3 Å². The Morgan fingerprint density at radius 2 is 2.07 bits per heavy atom. The number of amides is 1. The molecule has 0 spiro atoms. The quantitative estimate of drug-likeness (QED) is 0.647. The number of ether oxygens (including phenoxy) is 3. The predicted octanol–water partition coefficient (Wildman–Crippen LogP) is 2.89. The number of carbonyl (C=O) groups is 1. The van der Waals surface area contributed by atoms with Crippen molar-refractivity contribution in [2.24, 2.45) is 0 Å². The van der Waals surface area contributed by atoms with E-state index >= 15 is 0 Å². The van der Waals surface area contributed by atoms with Gasteiger partial charge >= 0.3 is 0 Å². The molecule has 4 rings (SSSR count). The fourth-order valence-electron chi connectivity index (χ4n) is 3.39. The molecule has 1 aliphatic rings. The maximum atomic E-state index is 12.7. The molecule has 1 N–H and O–H groups in total. The van der Waals surface area contributed by atoms with Crippen molar-refractivity contribution < 1.29 is 19.0 Å². The van der Waals surface area contributed by atoms with Crippen LogP contribution in [0.1, 0.15) is 40.3 Å². The van der Waals surface area contributed by atoms with Gasteiger partial charge in [0.1, 0.15) is 17.6 Å². The van der Waals surface area contributed by atoms with Gasteiger partial charge in [-0.3, -0.25) is 4.79 Å². The minimum absolute atomic E-state index is 0.151. The summed E-state index contributed by atoms with van der Waals surface area (Å²) in [6, 6.07) is 15.4. The summed E-state index contributed by atoms with van der Waals surface area (Å²) in [5.74, 6) is 1.30. The average molecular weight is 408 g/mol. The Hall–Kier alpha value is -3.39. The van der Waals surface area contributed by atoms with Crippen LogP contribution < -0.4 is 14.8 Å². The van der Waals surface area contributed by atoms with Crippen molar-refractivity contribution in [1.82, 2.24) is 20.3 Å². The molecule has 0 radical (unpaired) electrons. The lowest BCUT2D eigenvalue weighted by Gasteiger charge is -2.24. The molecular formula is C22H24N4O4. The smallest absolute Gasteiger partial charge is 0.274 e. The first-order valence-electron chi connectivity index (χ1n) is 9.85. The molecule has 0 bridgehead atoms. The third-order valence-corrected chi connectivity index (χ3v) is 4.96. The van der Waals surface area contributed by atoms with E-state index in [1.807, 2.05) is 55.5 Å². The fourth-order valence-corrected chi connectivity index (χ4v) is 3.39. The molecular weight excluding hydrogens is 384 g/mol. The van der Waals surface area contributed by atoms with Crippen LogP contribution in [-0.4, -0.2) is 34.6 Å². The first kappa shape index (κ1) is 19.9. The second-order valence-corrected chi connectivity index (χ2v) is 6.90. The number of benzene rings is 2. The topological polar surface area (TPSA) is 87.5 Å². The summed E-state index contributed by atoms with van der Waals surface area (Å²) in [6.45, 7) is 3.68. The highest BCUT2D eigenvalue weighted by molar-refractivity contribution is 5.93. The minimum Gasteiger partial charge on any atom is -0.497 e. The van der Waals surface area contributed by atoms with E-state index < -0.39 is 0 Å². The van der Waals surface area contributed by atoms with E-state index in [9.17, 15) is 4.79 Å². The van der Waals surface area contributed by atoms with Crippen molar-refractivity contribution in [1.29, 1.82) is 0 Å². The van der Waals surface area contributed by atoms with Crippen molar-refractivity contribution in [2.45, 2.75) is 32.7 Å². The number of aromatic nitrogens is 3. The number of methoxy groups -OCH3 is 1. The maximum Gasteiger partial charge on any atom is 0.274 e. The maximum absolute atomic E-state index is 12.7. The van der Waals surface area contributed by atoms with Crippen molar-refractivity contribution in [3.63, 3.8) is 0 Å². The van der Waals surface area contributed by atoms with Crippen LogP contribution in [0.15, 0.2) is 48.5 Å². The number of rotatable bonds is 7. The van der Waals surface area contributed by atoms with Crippen LogP contribution in [0.2, 0.25) is 0 Å². The molecule has 1 amide bonds. The largest absolute Gasteiger partial charge is 0.497 e. The standard InChI is InChI=1S/C22H24N4O4/c1-3-29-18-6-4-5-15(11-18)12-23-22(27)21-19-14-30-20(13-26(19)25-24-21)16-7-9-17(28-2)10-8-16/h4-11,20H,3,12-14H2,1-2H3,(H,23,27). The highest BCUT2D eigenvalue weighted by Gasteiger charge is 2.27. The van der Waals surface area contributed by atoms with E-state index in [4.69, 9.17) is 14.2 Å². The Labute approximate surface area is 174 Å². The van der Waals surface area contributed by atoms with E-state index in [1.54, 1.807) is 11.8 Å². The predicted molar refractivity (Wildman–Crippen MR) is 109 cm³/mol. The highest BCUT2D eigenvalue weighted by Crippen LogP contribution is 2.28. The molecule has 30 heavy (non-hydrogen) atoms. The molecule has 0 saturated heterocycles. The monoisotopic (exact) mass is 408 g/mol. The van der Waals surface area contributed by atoms with Gasteiger partial charge in [-0.25, -0.2) is 4.68 Å². The van der Waals surface area contributed by atoms with Gasteiger partial charge in [0.15, 0.2) is 5.69 Å². The number of hydrogen-bond donors (Lipinski definition) is 1. The number of nitrogens with zero attached hydrogens (tertiary/aromatic N) is 3. The van der Waals surface area contributed by atoms with Crippen LogP contribution in [0.25, 0.3) is 0 Å². The Balaban J connectivity index is 1.40. The molecule has 1 aromatic heterocycles. The lowest BCUT2D eigenvalue weighted by atomic mass is 10.1. The summed E-state index contributed by atoms with van der Waals surface area (Å²) in [7, 11) is 1.63. The van der Waals surface area contributed by atoms with Gasteiger partial charge in [-0.15, -0.1) is 5.10 Å². The zero-order valence-electron chi connectivity index (χ0n) is 17.0. The SMILES string of the molecule is CCOc1cccc(CNC(=O)c2nnn3c2COC(c2ccc(OC)cc2)C3)c1. The van der Waals surface area contributed by atoms with Crippen molar-refractivity contribution >= 4 is 5.91 Å². The third kappa shape index (κ3) is 4.28. The van der Waals surface area contributed by atoms with Gasteiger partial charge in [0, 0.05) is 6.54 Å². The van der Waals surface area contributed by atoms with Crippen LogP contribution in [0, 0.1) is 0 Å². The summed E-state index contributed by atoms with van der Waals surface area (Å²) in [6.07, 6.45) is -0.151. The first-order chi connectivity index (χ1) is 14.7. The molecule has 2 aromatic carbocycles. The van der Waals surface area contributed by atoms with Crippen molar-refractivity contribution in [3.8, 4) is 11.5 Å². The van der Waals surface area contributed by atoms with Crippen LogP contribution >= 0.6 is 0 Å². The van der Waals surface area contributed by atoms with Gasteiger partial charge in [0.2, 0.25) is 0 Å². The highest BCUT2D eigenvalue weighted by atomic mass is 16.5. The number of nitrogens with one attached hydrogen (secondary N) is 1. The number of carbonyl (C=O) groups excluding carboxylic acids is 1. The lowest BCUT2D eigenvalue weighted by molar-refractivity contribution is -0.00179. The molecule has 0 saturated carbocycles. The summed E-state index contributed by atoms with van der Waals surface area (Å²) in [4.78, 5) is 12.7. The number of hydrogen-bond acceptors (Lipinski definition) is 6.